The van der Waals surface area contributed by atoms with Crippen LogP contribution in [0.15, 0.2) is 35.4 Å². The van der Waals surface area contributed by atoms with Gasteiger partial charge in [0.25, 0.3) is 10.0 Å². The van der Waals surface area contributed by atoms with Gasteiger partial charge in [0.1, 0.15) is 0 Å². The second-order valence-corrected chi connectivity index (χ2v) is 11.0. The maximum Gasteiger partial charge on any atom is 0.490 e. The van der Waals surface area contributed by atoms with E-state index in [9.17, 15) is 31.5 Å². The lowest BCUT2D eigenvalue weighted by Gasteiger charge is -2.22. The van der Waals surface area contributed by atoms with E-state index in [0.29, 0.717) is 17.9 Å². The molecule has 3 aromatic rings. The minimum atomic E-state index is -5.08. The Morgan fingerprint density at radius 1 is 1.10 bits per heavy atom. The molecule has 41 heavy (non-hydrogen) atoms. The first-order chi connectivity index (χ1) is 18.8. The van der Waals surface area contributed by atoms with Gasteiger partial charge in [0.2, 0.25) is 0 Å². The number of pyridine rings is 1. The van der Waals surface area contributed by atoms with E-state index in [2.05, 4.69) is 14.8 Å². The van der Waals surface area contributed by atoms with Crippen molar-refractivity contribution in [3.8, 4) is 0 Å². The lowest BCUT2D eigenvalue weighted by Crippen LogP contribution is -2.24. The van der Waals surface area contributed by atoms with Crippen LogP contribution in [0.5, 0.6) is 0 Å². The van der Waals surface area contributed by atoms with Gasteiger partial charge in [0, 0.05) is 32.5 Å². The van der Waals surface area contributed by atoms with Gasteiger partial charge >= 0.3 is 18.1 Å². The zero-order valence-electron chi connectivity index (χ0n) is 23.4. The van der Waals surface area contributed by atoms with Crippen molar-refractivity contribution in [2.75, 3.05) is 23.2 Å². The van der Waals surface area contributed by atoms with Crippen molar-refractivity contribution < 1.29 is 41.4 Å². The van der Waals surface area contributed by atoms with Crippen LogP contribution in [0.4, 0.5) is 24.7 Å². The highest BCUT2D eigenvalue weighted by Gasteiger charge is 2.38. The number of anilines is 2. The summed E-state index contributed by atoms with van der Waals surface area (Å²) in [7, 11) is -0.234. The summed E-state index contributed by atoms with van der Waals surface area (Å²) in [5.41, 5.74) is 4.73. The first kappa shape index (κ1) is 33.1. The fourth-order valence-corrected chi connectivity index (χ4v) is 5.31. The SMILES string of the molecule is Cc1ccc(C)c(S(=O)(=O)Nc2cc(C(=O)O)cnc2N(C)CCCc2c(C)nn(C)c2C)c1.O=C(O)C(F)(F)F. The number of carbonyl (C=O) groups is 2. The molecule has 0 spiro atoms. The van der Waals surface area contributed by atoms with Gasteiger partial charge in [0.05, 0.1) is 21.8 Å². The third-order valence-electron chi connectivity index (χ3n) is 6.17. The molecule has 0 saturated heterocycles. The molecular formula is C26H32F3N5O6S. The summed E-state index contributed by atoms with van der Waals surface area (Å²) in [6, 6.07) is 6.48. The van der Waals surface area contributed by atoms with Crippen LogP contribution >= 0.6 is 0 Å². The topological polar surface area (TPSA) is 155 Å². The highest BCUT2D eigenvalue weighted by molar-refractivity contribution is 7.92. The molecule has 2 heterocycles. The van der Waals surface area contributed by atoms with Gasteiger partial charge in [-0.1, -0.05) is 12.1 Å². The molecule has 0 unspecified atom stereocenters. The number of aromatic carboxylic acids is 1. The van der Waals surface area contributed by atoms with Crippen molar-refractivity contribution in [1.82, 2.24) is 14.8 Å². The molecule has 0 atom stereocenters. The van der Waals surface area contributed by atoms with E-state index in [1.54, 1.807) is 26.1 Å². The fourth-order valence-electron chi connectivity index (χ4n) is 3.93. The zero-order valence-corrected chi connectivity index (χ0v) is 24.2. The van der Waals surface area contributed by atoms with E-state index in [4.69, 9.17) is 9.90 Å². The number of carboxylic acids is 2. The predicted octanol–water partition coefficient (Wildman–Crippen LogP) is 4.25. The summed E-state index contributed by atoms with van der Waals surface area (Å²) in [5.74, 6) is -3.58. The van der Waals surface area contributed by atoms with Crippen molar-refractivity contribution in [3.05, 3.63) is 64.1 Å². The van der Waals surface area contributed by atoms with Crippen LogP contribution in [0, 0.1) is 27.7 Å². The summed E-state index contributed by atoms with van der Waals surface area (Å²) < 4.78 is 62.6. The number of nitrogens with one attached hydrogen (secondary N) is 1. The molecule has 224 valence electrons. The maximum atomic E-state index is 13.2. The average molecular weight is 600 g/mol. The number of aryl methyl sites for hydroxylation is 4. The quantitative estimate of drug-likeness (QED) is 0.327. The van der Waals surface area contributed by atoms with Crippen LogP contribution < -0.4 is 9.62 Å². The monoisotopic (exact) mass is 599 g/mol. The van der Waals surface area contributed by atoms with Crippen molar-refractivity contribution in [1.29, 1.82) is 0 Å². The Labute approximate surface area is 235 Å². The maximum absolute atomic E-state index is 13.2. The number of rotatable bonds is 9. The van der Waals surface area contributed by atoms with Gasteiger partial charge in [-0.3, -0.25) is 9.40 Å². The fraction of sp³-hybridized carbons (Fsp3) is 0.385. The summed E-state index contributed by atoms with van der Waals surface area (Å²) in [4.78, 5) is 26.7. The predicted molar refractivity (Wildman–Crippen MR) is 146 cm³/mol. The Morgan fingerprint density at radius 2 is 1.71 bits per heavy atom. The molecule has 15 heteroatoms. The van der Waals surface area contributed by atoms with Crippen molar-refractivity contribution in [3.63, 3.8) is 0 Å². The largest absolute Gasteiger partial charge is 0.490 e. The van der Waals surface area contributed by atoms with E-state index < -0.39 is 28.1 Å². The van der Waals surface area contributed by atoms with E-state index in [-0.39, 0.29) is 16.1 Å². The number of sulfonamides is 1. The molecule has 0 amide bonds. The standard InChI is InChI=1S/C24H31N5O4S.C2HF3O2/c1-15-9-10-16(2)22(12-15)34(32,33)27-21-13-19(24(30)31)14-25-23(21)28(5)11-7-8-20-17(3)26-29(6)18(20)4;3-2(4,5)1(6)7/h9-10,12-14,27H,7-8,11H2,1-6H3,(H,30,31);(H,6,7). The lowest BCUT2D eigenvalue weighted by atomic mass is 10.1. The number of aliphatic carboxylic acids is 1. The number of nitrogens with zero attached hydrogens (tertiary/aromatic N) is 4. The molecule has 11 nitrogen and oxygen atoms in total. The zero-order chi connectivity index (χ0) is 31.3. The van der Waals surface area contributed by atoms with Crippen molar-refractivity contribution >= 4 is 33.5 Å². The molecule has 0 radical (unpaired) electrons. The Kier molecular flexibility index (Phi) is 10.5. The summed E-state index contributed by atoms with van der Waals surface area (Å²) in [6.07, 6.45) is -2.25. The molecule has 0 fully saturated rings. The number of benzene rings is 1. The van der Waals surface area contributed by atoms with E-state index in [1.807, 2.05) is 43.5 Å². The lowest BCUT2D eigenvalue weighted by molar-refractivity contribution is -0.192. The molecule has 0 saturated carbocycles. The number of carboxylic acid groups (broad SMARTS) is 2. The molecule has 0 aliphatic heterocycles. The Bertz CT molecular complexity index is 1540. The van der Waals surface area contributed by atoms with Crippen molar-refractivity contribution in [2.45, 2.75) is 51.6 Å². The van der Waals surface area contributed by atoms with Crippen molar-refractivity contribution in [2.24, 2.45) is 7.05 Å². The van der Waals surface area contributed by atoms with Crippen LogP contribution in [0.2, 0.25) is 0 Å². The number of hydrogen-bond acceptors (Lipinski definition) is 7. The van der Waals surface area contributed by atoms with E-state index in [0.717, 1.165) is 29.8 Å². The van der Waals surface area contributed by atoms with E-state index in [1.165, 1.54) is 17.8 Å². The highest BCUT2D eigenvalue weighted by Crippen LogP contribution is 2.28. The highest BCUT2D eigenvalue weighted by atomic mass is 32.2. The second kappa shape index (κ2) is 13.0. The smallest absolute Gasteiger partial charge is 0.478 e. The van der Waals surface area contributed by atoms with Gasteiger partial charge < -0.3 is 15.1 Å². The third-order valence-corrected chi connectivity index (χ3v) is 7.68. The van der Waals surface area contributed by atoms with Crippen LogP contribution in [-0.2, 0) is 28.3 Å². The first-order valence-electron chi connectivity index (χ1n) is 12.2. The number of halogens is 3. The number of alkyl halides is 3. The van der Waals surface area contributed by atoms with Gasteiger partial charge in [-0.05, 0) is 69.4 Å². The molecular weight excluding hydrogens is 567 g/mol. The Balaban J connectivity index is 0.000000745. The van der Waals surface area contributed by atoms with Gasteiger partial charge in [-0.25, -0.2) is 23.0 Å². The average Bonchev–Trinajstić information content (AvgIpc) is 3.10. The van der Waals surface area contributed by atoms with Gasteiger partial charge in [-0.15, -0.1) is 0 Å². The van der Waals surface area contributed by atoms with Crippen LogP contribution in [-0.4, -0.2) is 65.1 Å². The summed E-state index contributed by atoms with van der Waals surface area (Å²) in [6.45, 7) is 8.14. The first-order valence-corrected chi connectivity index (χ1v) is 13.7. The Morgan fingerprint density at radius 3 is 2.22 bits per heavy atom. The van der Waals surface area contributed by atoms with Gasteiger partial charge in [0.15, 0.2) is 5.82 Å². The minimum Gasteiger partial charge on any atom is -0.478 e. The van der Waals surface area contributed by atoms with Crippen LogP contribution in [0.3, 0.4) is 0 Å². The van der Waals surface area contributed by atoms with Crippen LogP contribution in [0.1, 0.15) is 44.9 Å². The normalized spacial score (nSPS) is 11.4. The molecule has 3 N–H and O–H groups in total. The summed E-state index contributed by atoms with van der Waals surface area (Å²) in [5, 5.41) is 21.0. The molecule has 2 aromatic heterocycles. The minimum absolute atomic E-state index is 0.0996. The molecule has 1 aromatic carbocycles. The molecule has 0 aliphatic carbocycles. The Hall–Kier alpha value is -4.14. The van der Waals surface area contributed by atoms with Gasteiger partial charge in [-0.2, -0.15) is 18.3 Å². The number of aromatic nitrogens is 3. The molecule has 0 aliphatic rings. The summed E-state index contributed by atoms with van der Waals surface area (Å²) >= 11 is 0. The number of hydrogen-bond donors (Lipinski definition) is 3. The second-order valence-electron chi connectivity index (χ2n) is 9.38. The van der Waals surface area contributed by atoms with Crippen LogP contribution in [0.25, 0.3) is 0 Å². The molecule has 3 rings (SSSR count). The van der Waals surface area contributed by atoms with E-state index >= 15 is 0 Å². The third kappa shape index (κ3) is 8.67. The molecule has 0 bridgehead atoms.